The van der Waals surface area contributed by atoms with Gasteiger partial charge in [0.05, 0.1) is 0 Å². The Morgan fingerprint density at radius 2 is 0.828 bits per heavy atom. The Morgan fingerprint density at radius 3 is 1.47 bits per heavy atom. The topological polar surface area (TPSA) is 51.8 Å². The van der Waals surface area contributed by atoms with Gasteiger partial charge in [0.25, 0.3) is 0 Å². The van der Waals surface area contributed by atoms with Gasteiger partial charge in [-0.25, -0.2) is 15.0 Å². The number of aromatic nitrogens is 3. The van der Waals surface area contributed by atoms with E-state index in [1.54, 1.807) is 0 Å². The third-order valence-electron chi connectivity index (χ3n) is 11.0. The Bertz CT molecular complexity index is 3160. The Morgan fingerprint density at radius 1 is 0.310 bits per heavy atom. The van der Waals surface area contributed by atoms with Crippen molar-refractivity contribution in [2.75, 3.05) is 0 Å². The van der Waals surface area contributed by atoms with Crippen molar-refractivity contribution in [2.24, 2.45) is 0 Å². The summed E-state index contributed by atoms with van der Waals surface area (Å²) in [7, 11) is -1.84. The molecule has 0 aliphatic carbocycles. The highest BCUT2D eigenvalue weighted by molar-refractivity contribution is 8.34. The lowest BCUT2D eigenvalue weighted by molar-refractivity contribution is 0.669. The highest BCUT2D eigenvalue weighted by Gasteiger charge is 2.33. The Balaban J connectivity index is 1.08. The number of hydrogen-bond acceptors (Lipinski definition) is 4. The molecule has 0 atom stereocenters. The van der Waals surface area contributed by atoms with Crippen LogP contribution in [0.5, 0.6) is 0 Å². The first-order valence-corrected chi connectivity index (χ1v) is 21.1. The maximum atomic E-state index is 6.33. The van der Waals surface area contributed by atoms with E-state index >= 15 is 0 Å². The molecule has 2 heterocycles. The molecule has 0 N–H and O–H groups in total. The zero-order valence-electron chi connectivity index (χ0n) is 31.4. The van der Waals surface area contributed by atoms with Crippen molar-refractivity contribution in [2.45, 2.75) is 19.6 Å². The number of benzene rings is 9. The summed E-state index contributed by atoms with van der Waals surface area (Å²) in [6.45, 7) is 0. The maximum Gasteiger partial charge on any atom is 0.164 e. The summed E-state index contributed by atoms with van der Waals surface area (Å²) < 4.78 is 6.33. The van der Waals surface area contributed by atoms with Gasteiger partial charge in [-0.15, -0.1) is 10.0 Å². The zero-order chi connectivity index (χ0) is 38.5. The molecule has 0 amide bonds. The monoisotopic (exact) mass is 761 g/mol. The van der Waals surface area contributed by atoms with E-state index in [2.05, 4.69) is 182 Å². The molecule has 4 nitrogen and oxygen atoms in total. The van der Waals surface area contributed by atoms with Gasteiger partial charge in [0.2, 0.25) is 0 Å². The van der Waals surface area contributed by atoms with Gasteiger partial charge in [0.15, 0.2) is 17.5 Å². The molecule has 0 unspecified atom stereocenters. The van der Waals surface area contributed by atoms with Crippen LogP contribution < -0.4 is 0 Å². The summed E-state index contributed by atoms with van der Waals surface area (Å²) in [5.74, 6) is 1.88. The molecule has 0 saturated carbocycles. The van der Waals surface area contributed by atoms with E-state index < -0.39 is 10.0 Å². The molecule has 0 aliphatic rings. The van der Waals surface area contributed by atoms with Gasteiger partial charge in [0.1, 0.15) is 11.2 Å². The smallest absolute Gasteiger partial charge is 0.164 e. The van der Waals surface area contributed by atoms with Gasteiger partial charge in [-0.1, -0.05) is 146 Å². The Labute approximate surface area is 337 Å². The van der Waals surface area contributed by atoms with Crippen molar-refractivity contribution in [3.63, 3.8) is 0 Å². The molecule has 0 aliphatic heterocycles. The van der Waals surface area contributed by atoms with Crippen molar-refractivity contribution >= 4 is 53.5 Å². The average Bonchev–Trinajstić information content (AvgIpc) is 3.67. The van der Waals surface area contributed by atoms with Crippen molar-refractivity contribution in [1.29, 1.82) is 0 Å². The van der Waals surface area contributed by atoms with E-state index in [4.69, 9.17) is 19.4 Å². The second-order valence-corrected chi connectivity index (χ2v) is 17.5. The molecule has 2 aromatic heterocycles. The van der Waals surface area contributed by atoms with Gasteiger partial charge >= 0.3 is 0 Å². The minimum Gasteiger partial charge on any atom is -0.456 e. The fourth-order valence-corrected chi connectivity index (χ4v) is 12.2. The molecule has 5 heteroatoms. The third-order valence-corrected chi connectivity index (χ3v) is 15.0. The first-order valence-electron chi connectivity index (χ1n) is 19.4. The number of fused-ring (bicyclic) bond motifs is 6. The number of nitrogens with zero attached hydrogens (tertiary/aromatic N) is 3. The quantitative estimate of drug-likeness (QED) is 0.152. The molecule has 274 valence electrons. The van der Waals surface area contributed by atoms with Crippen molar-refractivity contribution in [3.05, 3.63) is 212 Å². The molecule has 0 saturated heterocycles. The molecule has 9 aromatic carbocycles. The van der Waals surface area contributed by atoms with Gasteiger partial charge in [0, 0.05) is 47.0 Å². The van der Waals surface area contributed by atoms with E-state index in [1.807, 2.05) is 30.3 Å². The minimum absolute atomic E-state index is 0.622. The molecule has 0 radical (unpaired) electrons. The number of para-hydroxylation sites is 1. The summed E-state index contributed by atoms with van der Waals surface area (Å²) in [5.41, 5.74) is 4.57. The summed E-state index contributed by atoms with van der Waals surface area (Å²) in [4.78, 5) is 20.6. The normalized spacial score (nSPS) is 12.1. The standard InChI is InChI=1S/C53H35N3OS/c1-5-16-36(17-6-1)51-54-52(37-28-31-42(32-29-37)58(39-18-7-2-8-19-39,40-20-9-3-10-21-40)41-22-11-4-12-23-41)56-53(55-51)46-26-15-25-43-44(46)33-30-38-34-48-45-24-13-14-27-49(45)57-50(48)35-47(38)43/h1-35H. The number of furan rings is 1. The van der Waals surface area contributed by atoms with E-state index in [1.165, 1.54) is 19.6 Å². The lowest BCUT2D eigenvalue weighted by atomic mass is 9.96. The zero-order valence-corrected chi connectivity index (χ0v) is 32.2. The molecule has 11 aromatic rings. The van der Waals surface area contributed by atoms with Crippen LogP contribution in [0.1, 0.15) is 0 Å². The van der Waals surface area contributed by atoms with Crippen molar-refractivity contribution in [1.82, 2.24) is 15.0 Å². The molecule has 0 spiro atoms. The first kappa shape index (κ1) is 34.0. The van der Waals surface area contributed by atoms with Crippen LogP contribution in [0.4, 0.5) is 0 Å². The van der Waals surface area contributed by atoms with Gasteiger partial charge < -0.3 is 4.42 Å². The number of hydrogen-bond donors (Lipinski definition) is 0. The van der Waals surface area contributed by atoms with Gasteiger partial charge in [-0.2, -0.15) is 0 Å². The van der Waals surface area contributed by atoms with Crippen molar-refractivity contribution < 1.29 is 4.42 Å². The lowest BCUT2D eigenvalue weighted by Crippen LogP contribution is -2.05. The predicted molar refractivity (Wildman–Crippen MR) is 238 cm³/mol. The summed E-state index contributed by atoms with van der Waals surface area (Å²) in [6.07, 6.45) is 0. The van der Waals surface area contributed by atoms with E-state index in [9.17, 15) is 0 Å². The highest BCUT2D eigenvalue weighted by atomic mass is 32.3. The lowest BCUT2D eigenvalue weighted by Gasteiger charge is -2.42. The summed E-state index contributed by atoms with van der Waals surface area (Å²) in [6, 6.07) is 75.2. The number of rotatable bonds is 7. The van der Waals surface area contributed by atoms with Crippen LogP contribution in [0.15, 0.2) is 236 Å². The van der Waals surface area contributed by atoms with Crippen LogP contribution in [-0.4, -0.2) is 15.0 Å². The second-order valence-electron chi connectivity index (χ2n) is 14.4. The summed E-state index contributed by atoms with van der Waals surface area (Å²) >= 11 is 0. The third kappa shape index (κ3) is 5.59. The van der Waals surface area contributed by atoms with Crippen LogP contribution in [0, 0.1) is 0 Å². The van der Waals surface area contributed by atoms with Crippen LogP contribution in [0.2, 0.25) is 0 Å². The fourth-order valence-electron chi connectivity index (χ4n) is 8.35. The molecular formula is C53H35N3OS. The Hall–Kier alpha value is -7.34. The van der Waals surface area contributed by atoms with Crippen molar-refractivity contribution in [3.8, 4) is 34.2 Å². The Kier molecular flexibility index (Phi) is 8.19. The van der Waals surface area contributed by atoms with E-state index in [0.29, 0.717) is 17.5 Å². The van der Waals surface area contributed by atoms with Crippen LogP contribution in [0.25, 0.3) is 77.6 Å². The molecule has 58 heavy (non-hydrogen) atoms. The second kappa shape index (κ2) is 14.0. The maximum absolute atomic E-state index is 6.33. The first-order chi connectivity index (χ1) is 28.7. The highest BCUT2D eigenvalue weighted by Crippen LogP contribution is 2.73. The van der Waals surface area contributed by atoms with Crippen LogP contribution in [0.3, 0.4) is 0 Å². The van der Waals surface area contributed by atoms with E-state index in [0.717, 1.165) is 60.2 Å². The van der Waals surface area contributed by atoms with Crippen LogP contribution >= 0.6 is 10.0 Å². The fraction of sp³-hybridized carbons (Fsp3) is 0. The predicted octanol–water partition coefficient (Wildman–Crippen LogP) is 14.4. The van der Waals surface area contributed by atoms with E-state index in [-0.39, 0.29) is 0 Å². The minimum atomic E-state index is -1.84. The van der Waals surface area contributed by atoms with Gasteiger partial charge in [-0.3, -0.25) is 0 Å². The SMILES string of the molecule is c1ccc(-c2nc(-c3ccc(S(c4ccccc4)(c4ccccc4)c4ccccc4)cc3)nc(-c3cccc4c3ccc3cc5c(cc34)oc3ccccc35)n2)cc1. The largest absolute Gasteiger partial charge is 0.456 e. The molecular weight excluding hydrogens is 727 g/mol. The van der Waals surface area contributed by atoms with Crippen LogP contribution in [-0.2, 0) is 0 Å². The average molecular weight is 762 g/mol. The van der Waals surface area contributed by atoms with Gasteiger partial charge in [-0.05, 0) is 88.3 Å². The molecule has 0 bridgehead atoms. The molecule has 11 rings (SSSR count). The molecule has 0 fully saturated rings. The summed E-state index contributed by atoms with van der Waals surface area (Å²) in [5, 5.41) is 6.71.